The van der Waals surface area contributed by atoms with Crippen LogP contribution in [0.1, 0.15) is 49.7 Å². The molecule has 3 heterocycles. The highest BCUT2D eigenvalue weighted by atomic mass is 16.5. The molecule has 0 spiro atoms. The van der Waals surface area contributed by atoms with Crippen LogP contribution in [0.3, 0.4) is 0 Å². The van der Waals surface area contributed by atoms with E-state index in [1.165, 1.54) is 68.6 Å². The van der Waals surface area contributed by atoms with E-state index >= 15 is 0 Å². The molecule has 1 fully saturated rings. The highest BCUT2D eigenvalue weighted by Crippen LogP contribution is 2.29. The summed E-state index contributed by atoms with van der Waals surface area (Å²) in [5.41, 5.74) is 5.19. The van der Waals surface area contributed by atoms with Gasteiger partial charge in [0.2, 0.25) is 0 Å². The number of para-hydroxylation sites is 1. The van der Waals surface area contributed by atoms with Crippen LogP contribution in [0, 0.1) is 0 Å². The maximum absolute atomic E-state index is 6.04. The van der Waals surface area contributed by atoms with E-state index in [1.54, 1.807) is 0 Å². The lowest BCUT2D eigenvalue weighted by Gasteiger charge is -2.26. The minimum Gasteiger partial charge on any atom is -0.492 e. The number of pyridine rings is 1. The van der Waals surface area contributed by atoms with E-state index in [-0.39, 0.29) is 0 Å². The van der Waals surface area contributed by atoms with Crippen LogP contribution in [0.25, 0.3) is 10.9 Å². The first-order valence-electron chi connectivity index (χ1n) is 12.4. The molecule has 4 heteroatoms. The topological polar surface area (TPSA) is 28.6 Å². The molecule has 32 heavy (non-hydrogen) atoms. The quantitative estimate of drug-likeness (QED) is 0.400. The number of aromatic nitrogens is 1. The van der Waals surface area contributed by atoms with Gasteiger partial charge < -0.3 is 14.5 Å². The fourth-order valence-electron chi connectivity index (χ4n) is 5.12. The Hall–Kier alpha value is -2.59. The molecule has 2 aromatic carbocycles. The summed E-state index contributed by atoms with van der Waals surface area (Å²) in [5.74, 6) is 0.886. The standard InChI is InChI=1S/C28H35N3O/c1-5-14-30(15-6-1)16-7-2-8-18-32-26-20-25-19-23(11-12-27(25)29-21-26)22-31-17-13-24-9-3-4-10-28(24)31/h3-4,9-12,19-21H,1-2,5-8,13-18,22H2. The van der Waals surface area contributed by atoms with E-state index in [9.17, 15) is 0 Å². The molecule has 0 saturated carbocycles. The zero-order valence-electron chi connectivity index (χ0n) is 19.1. The van der Waals surface area contributed by atoms with Crippen molar-refractivity contribution in [1.29, 1.82) is 0 Å². The minimum atomic E-state index is 0.775. The van der Waals surface area contributed by atoms with E-state index in [0.29, 0.717) is 0 Å². The van der Waals surface area contributed by atoms with Crippen LogP contribution in [0.4, 0.5) is 5.69 Å². The SMILES string of the molecule is c1ccc2c(c1)CCN2Cc1ccc2ncc(OCCCCCN3CCCCC3)cc2c1. The first-order chi connectivity index (χ1) is 15.8. The monoisotopic (exact) mass is 429 g/mol. The average molecular weight is 430 g/mol. The molecule has 0 unspecified atom stereocenters. The molecule has 5 rings (SSSR count). The first-order valence-corrected chi connectivity index (χ1v) is 12.4. The van der Waals surface area contributed by atoms with E-state index in [2.05, 4.69) is 63.3 Å². The first kappa shape index (κ1) is 21.3. The molecular weight excluding hydrogens is 394 g/mol. The summed E-state index contributed by atoms with van der Waals surface area (Å²) in [6, 6.07) is 17.5. The molecule has 0 amide bonds. The predicted octanol–water partition coefficient (Wildman–Crippen LogP) is 5.83. The van der Waals surface area contributed by atoms with Crippen molar-refractivity contribution in [2.45, 2.75) is 51.5 Å². The number of benzene rings is 2. The van der Waals surface area contributed by atoms with E-state index < -0.39 is 0 Å². The van der Waals surface area contributed by atoms with Gasteiger partial charge in [0.05, 0.1) is 18.3 Å². The number of hydrogen-bond acceptors (Lipinski definition) is 4. The second kappa shape index (κ2) is 10.4. The second-order valence-electron chi connectivity index (χ2n) is 9.31. The van der Waals surface area contributed by atoms with Crippen molar-refractivity contribution in [2.24, 2.45) is 0 Å². The van der Waals surface area contributed by atoms with Crippen LogP contribution in [0.2, 0.25) is 0 Å². The van der Waals surface area contributed by atoms with Gasteiger partial charge in [0.1, 0.15) is 5.75 Å². The van der Waals surface area contributed by atoms with Gasteiger partial charge in [-0.15, -0.1) is 0 Å². The number of likely N-dealkylation sites (tertiary alicyclic amines) is 1. The molecule has 0 N–H and O–H groups in total. The third kappa shape index (κ3) is 5.24. The van der Waals surface area contributed by atoms with Crippen molar-refractivity contribution in [3.8, 4) is 5.75 Å². The summed E-state index contributed by atoms with van der Waals surface area (Å²) in [6.07, 6.45) is 10.8. The van der Waals surface area contributed by atoms with Crippen LogP contribution >= 0.6 is 0 Å². The Morgan fingerprint density at radius 2 is 1.78 bits per heavy atom. The second-order valence-corrected chi connectivity index (χ2v) is 9.31. The molecule has 4 nitrogen and oxygen atoms in total. The Labute approximate surface area is 192 Å². The molecule has 2 aliphatic rings. The summed E-state index contributed by atoms with van der Waals surface area (Å²) in [4.78, 5) is 9.72. The molecule has 168 valence electrons. The lowest BCUT2D eigenvalue weighted by atomic mass is 10.1. The molecule has 3 aromatic rings. The van der Waals surface area contributed by atoms with Gasteiger partial charge in [-0.2, -0.15) is 0 Å². The van der Waals surface area contributed by atoms with Gasteiger partial charge in [-0.1, -0.05) is 30.7 Å². The Kier molecular flexibility index (Phi) is 6.88. The highest BCUT2D eigenvalue weighted by Gasteiger charge is 2.18. The Bertz CT molecular complexity index is 1030. The number of fused-ring (bicyclic) bond motifs is 2. The van der Waals surface area contributed by atoms with Gasteiger partial charge >= 0.3 is 0 Å². The molecule has 2 aliphatic heterocycles. The molecule has 0 aliphatic carbocycles. The van der Waals surface area contributed by atoms with Gasteiger partial charge in [-0.25, -0.2) is 0 Å². The van der Waals surface area contributed by atoms with E-state index in [0.717, 1.165) is 49.2 Å². The summed E-state index contributed by atoms with van der Waals surface area (Å²) in [5, 5.41) is 1.16. The van der Waals surface area contributed by atoms with Crippen molar-refractivity contribution in [2.75, 3.05) is 37.7 Å². The third-order valence-electron chi connectivity index (χ3n) is 6.91. The lowest BCUT2D eigenvalue weighted by Crippen LogP contribution is -2.30. The number of rotatable bonds is 9. The normalized spacial score (nSPS) is 16.4. The summed E-state index contributed by atoms with van der Waals surface area (Å²) in [7, 11) is 0. The summed E-state index contributed by atoms with van der Waals surface area (Å²) in [6.45, 7) is 6.65. The minimum absolute atomic E-state index is 0.775. The van der Waals surface area contributed by atoms with Crippen LogP contribution in [-0.2, 0) is 13.0 Å². The molecule has 1 aromatic heterocycles. The van der Waals surface area contributed by atoms with Crippen molar-refractivity contribution < 1.29 is 4.74 Å². The Balaban J connectivity index is 1.12. The number of unbranched alkanes of at least 4 members (excludes halogenated alkanes) is 2. The van der Waals surface area contributed by atoms with Crippen LogP contribution in [0.5, 0.6) is 5.75 Å². The largest absolute Gasteiger partial charge is 0.492 e. The molecule has 0 atom stereocenters. The van der Waals surface area contributed by atoms with Gasteiger partial charge in [0.25, 0.3) is 0 Å². The Morgan fingerprint density at radius 1 is 0.875 bits per heavy atom. The zero-order chi connectivity index (χ0) is 21.6. The number of hydrogen-bond donors (Lipinski definition) is 0. The maximum Gasteiger partial charge on any atom is 0.138 e. The molecule has 0 radical (unpaired) electrons. The number of nitrogens with zero attached hydrogens (tertiary/aromatic N) is 3. The lowest BCUT2D eigenvalue weighted by molar-refractivity contribution is 0.221. The molecule has 0 bridgehead atoms. The number of ether oxygens (including phenoxy) is 1. The van der Waals surface area contributed by atoms with Crippen LogP contribution < -0.4 is 9.64 Å². The predicted molar refractivity (Wildman–Crippen MR) is 133 cm³/mol. The van der Waals surface area contributed by atoms with Gasteiger partial charge in [0, 0.05) is 24.2 Å². The van der Waals surface area contributed by atoms with Gasteiger partial charge in [-0.3, -0.25) is 4.98 Å². The molecular formula is C28H35N3O. The van der Waals surface area contributed by atoms with Crippen molar-refractivity contribution in [3.05, 3.63) is 65.9 Å². The summed E-state index contributed by atoms with van der Waals surface area (Å²) >= 11 is 0. The van der Waals surface area contributed by atoms with Crippen molar-refractivity contribution in [3.63, 3.8) is 0 Å². The van der Waals surface area contributed by atoms with Crippen LogP contribution in [-0.4, -0.2) is 42.7 Å². The van der Waals surface area contributed by atoms with Crippen LogP contribution in [0.15, 0.2) is 54.7 Å². The van der Waals surface area contributed by atoms with Crippen molar-refractivity contribution >= 4 is 16.6 Å². The fraction of sp³-hybridized carbons (Fsp3) is 0.464. The third-order valence-corrected chi connectivity index (χ3v) is 6.91. The number of anilines is 1. The smallest absolute Gasteiger partial charge is 0.138 e. The van der Waals surface area contributed by atoms with E-state index in [4.69, 9.17) is 4.74 Å². The van der Waals surface area contributed by atoms with E-state index in [1.807, 2.05) is 6.20 Å². The zero-order valence-corrected chi connectivity index (χ0v) is 19.1. The fourth-order valence-corrected chi connectivity index (χ4v) is 5.12. The maximum atomic E-state index is 6.04. The highest BCUT2D eigenvalue weighted by molar-refractivity contribution is 5.80. The number of piperidine rings is 1. The average Bonchev–Trinajstić information content (AvgIpc) is 3.24. The Morgan fingerprint density at radius 3 is 2.72 bits per heavy atom. The summed E-state index contributed by atoms with van der Waals surface area (Å²) < 4.78 is 6.04. The van der Waals surface area contributed by atoms with Crippen molar-refractivity contribution in [1.82, 2.24) is 9.88 Å². The van der Waals surface area contributed by atoms with Gasteiger partial charge in [0.15, 0.2) is 0 Å². The molecule has 1 saturated heterocycles. The van der Waals surface area contributed by atoms with Gasteiger partial charge in [-0.05, 0) is 93.6 Å².